The molecule has 0 bridgehead atoms. The Labute approximate surface area is 190 Å². The maximum absolute atomic E-state index is 12.5. The molecule has 0 aliphatic rings. The van der Waals surface area contributed by atoms with Gasteiger partial charge in [0.2, 0.25) is 0 Å². The molecular formula is C27H44O4. The fourth-order valence-corrected chi connectivity index (χ4v) is 3.90. The number of unbranched alkanes of at least 4 members (excludes halogenated alkanes) is 7. The molecule has 0 amide bonds. The van der Waals surface area contributed by atoms with Gasteiger partial charge in [0.05, 0.1) is 24.3 Å². The van der Waals surface area contributed by atoms with Crippen LogP contribution >= 0.6 is 0 Å². The number of carbonyl (C=O) groups is 2. The lowest BCUT2D eigenvalue weighted by atomic mass is 9.84. The van der Waals surface area contributed by atoms with Crippen LogP contribution in [-0.2, 0) is 9.47 Å². The Hall–Kier alpha value is -1.84. The Morgan fingerprint density at radius 3 is 1.81 bits per heavy atom. The molecule has 4 nitrogen and oxygen atoms in total. The molecule has 31 heavy (non-hydrogen) atoms. The molecule has 1 unspecified atom stereocenters. The zero-order chi connectivity index (χ0) is 23.1. The Balaban J connectivity index is 2.39. The highest BCUT2D eigenvalue weighted by molar-refractivity contribution is 6.03. The first kappa shape index (κ1) is 27.2. The summed E-state index contributed by atoms with van der Waals surface area (Å²) in [6.45, 7) is 11.8. The molecule has 0 aromatic heterocycles. The van der Waals surface area contributed by atoms with Gasteiger partial charge in [-0.15, -0.1) is 0 Å². The molecule has 0 N–H and O–H groups in total. The van der Waals surface area contributed by atoms with E-state index < -0.39 is 11.9 Å². The number of hydrogen-bond donors (Lipinski definition) is 0. The number of ether oxygens (including phenoxy) is 2. The minimum absolute atomic E-state index is 0.259. The molecule has 0 aliphatic carbocycles. The van der Waals surface area contributed by atoms with Crippen molar-refractivity contribution in [3.05, 3.63) is 35.4 Å². The van der Waals surface area contributed by atoms with Crippen molar-refractivity contribution >= 4 is 11.9 Å². The van der Waals surface area contributed by atoms with Gasteiger partial charge in [0.1, 0.15) is 0 Å². The highest BCUT2D eigenvalue weighted by Crippen LogP contribution is 2.26. The third kappa shape index (κ3) is 12.6. The van der Waals surface area contributed by atoms with Gasteiger partial charge in [-0.25, -0.2) is 9.59 Å². The molecule has 0 spiro atoms. The minimum Gasteiger partial charge on any atom is -0.462 e. The summed E-state index contributed by atoms with van der Waals surface area (Å²) in [5, 5.41) is 0. The van der Waals surface area contributed by atoms with E-state index in [0.29, 0.717) is 19.1 Å². The summed E-state index contributed by atoms with van der Waals surface area (Å²) < 4.78 is 10.9. The van der Waals surface area contributed by atoms with Crippen molar-refractivity contribution in [1.82, 2.24) is 0 Å². The predicted molar refractivity (Wildman–Crippen MR) is 127 cm³/mol. The average Bonchev–Trinajstić information content (AvgIpc) is 2.71. The van der Waals surface area contributed by atoms with E-state index >= 15 is 0 Å². The molecule has 0 saturated carbocycles. The molecule has 176 valence electrons. The molecule has 1 aromatic carbocycles. The van der Waals surface area contributed by atoms with Gasteiger partial charge in [-0.05, 0) is 42.7 Å². The maximum Gasteiger partial charge on any atom is 0.339 e. The summed E-state index contributed by atoms with van der Waals surface area (Å²) in [7, 11) is 0. The van der Waals surface area contributed by atoms with Crippen LogP contribution in [0.15, 0.2) is 24.3 Å². The predicted octanol–water partition coefficient (Wildman–Crippen LogP) is 7.60. The van der Waals surface area contributed by atoms with Crippen LogP contribution in [0.4, 0.5) is 0 Å². The van der Waals surface area contributed by atoms with Crippen LogP contribution in [0.2, 0.25) is 0 Å². The monoisotopic (exact) mass is 432 g/mol. The zero-order valence-corrected chi connectivity index (χ0v) is 20.5. The number of benzene rings is 1. The van der Waals surface area contributed by atoms with E-state index in [9.17, 15) is 9.59 Å². The first-order chi connectivity index (χ1) is 14.7. The number of hydrogen-bond acceptors (Lipinski definition) is 4. The summed E-state index contributed by atoms with van der Waals surface area (Å²) in [6.07, 6.45) is 11.4. The third-order valence-corrected chi connectivity index (χ3v) is 5.40. The van der Waals surface area contributed by atoms with Crippen molar-refractivity contribution in [2.24, 2.45) is 11.3 Å². The van der Waals surface area contributed by atoms with E-state index in [1.54, 1.807) is 24.3 Å². The van der Waals surface area contributed by atoms with Crippen molar-refractivity contribution in [3.63, 3.8) is 0 Å². The van der Waals surface area contributed by atoms with Crippen LogP contribution in [-0.4, -0.2) is 25.2 Å². The summed E-state index contributed by atoms with van der Waals surface area (Å²) in [5.74, 6) is -0.432. The van der Waals surface area contributed by atoms with Gasteiger partial charge in [0.15, 0.2) is 0 Å². The summed E-state index contributed by atoms with van der Waals surface area (Å²) in [4.78, 5) is 25.0. The first-order valence-electron chi connectivity index (χ1n) is 12.2. The van der Waals surface area contributed by atoms with Gasteiger partial charge in [0, 0.05) is 0 Å². The lowest BCUT2D eigenvalue weighted by Crippen LogP contribution is -2.17. The van der Waals surface area contributed by atoms with E-state index in [0.717, 1.165) is 25.7 Å². The van der Waals surface area contributed by atoms with Crippen molar-refractivity contribution in [3.8, 4) is 0 Å². The quantitative estimate of drug-likeness (QED) is 0.211. The molecule has 0 radical (unpaired) electrons. The standard InChI is InChI=1S/C27H44O4/c1-6-7-8-9-10-11-12-15-19-30-25(28)23-16-13-14-17-24(23)26(29)31-20-18-22(2)21-27(3,4)5/h13-14,16-17,22H,6-12,15,18-21H2,1-5H3. The van der Waals surface area contributed by atoms with E-state index in [2.05, 4.69) is 34.6 Å². The van der Waals surface area contributed by atoms with Crippen molar-refractivity contribution in [1.29, 1.82) is 0 Å². The van der Waals surface area contributed by atoms with Gasteiger partial charge in [0.25, 0.3) is 0 Å². The summed E-state index contributed by atoms with van der Waals surface area (Å²) >= 11 is 0. The van der Waals surface area contributed by atoms with Crippen LogP contribution in [0.1, 0.15) is 120 Å². The number of carbonyl (C=O) groups excluding carboxylic acids is 2. The smallest absolute Gasteiger partial charge is 0.339 e. The fourth-order valence-electron chi connectivity index (χ4n) is 3.90. The molecule has 0 fully saturated rings. The maximum atomic E-state index is 12.5. The molecule has 1 aromatic rings. The van der Waals surface area contributed by atoms with Crippen molar-refractivity contribution < 1.29 is 19.1 Å². The number of esters is 2. The van der Waals surface area contributed by atoms with E-state index in [-0.39, 0.29) is 16.5 Å². The highest BCUT2D eigenvalue weighted by atomic mass is 16.5. The van der Waals surface area contributed by atoms with Crippen LogP contribution in [0.5, 0.6) is 0 Å². The van der Waals surface area contributed by atoms with Crippen LogP contribution in [0, 0.1) is 11.3 Å². The van der Waals surface area contributed by atoms with Crippen LogP contribution in [0.25, 0.3) is 0 Å². The molecule has 0 saturated heterocycles. The Bertz CT molecular complexity index is 645. The second-order valence-electron chi connectivity index (χ2n) is 9.95. The zero-order valence-electron chi connectivity index (χ0n) is 20.5. The third-order valence-electron chi connectivity index (χ3n) is 5.40. The van der Waals surface area contributed by atoms with Gasteiger partial charge >= 0.3 is 11.9 Å². The van der Waals surface area contributed by atoms with Crippen molar-refractivity contribution in [2.45, 2.75) is 98.8 Å². The van der Waals surface area contributed by atoms with Gasteiger partial charge in [-0.1, -0.05) is 91.7 Å². The Kier molecular flexibility index (Phi) is 13.2. The van der Waals surface area contributed by atoms with E-state index in [1.807, 2.05) is 0 Å². The lowest BCUT2D eigenvalue weighted by molar-refractivity contribution is 0.0439. The van der Waals surface area contributed by atoms with Gasteiger partial charge in [-0.3, -0.25) is 0 Å². The van der Waals surface area contributed by atoms with Crippen LogP contribution in [0.3, 0.4) is 0 Å². The Morgan fingerprint density at radius 1 is 0.806 bits per heavy atom. The molecule has 0 heterocycles. The molecule has 4 heteroatoms. The number of rotatable bonds is 15. The van der Waals surface area contributed by atoms with Crippen molar-refractivity contribution in [2.75, 3.05) is 13.2 Å². The molecule has 1 atom stereocenters. The molecule has 1 rings (SSSR count). The normalized spacial score (nSPS) is 12.4. The largest absolute Gasteiger partial charge is 0.462 e. The summed E-state index contributed by atoms with van der Waals surface area (Å²) in [5.41, 5.74) is 0.830. The molecule has 0 aliphatic heterocycles. The highest BCUT2D eigenvalue weighted by Gasteiger charge is 2.20. The summed E-state index contributed by atoms with van der Waals surface area (Å²) in [6, 6.07) is 6.76. The second-order valence-corrected chi connectivity index (χ2v) is 9.95. The minimum atomic E-state index is -0.456. The van der Waals surface area contributed by atoms with E-state index in [1.165, 1.54) is 38.5 Å². The first-order valence-corrected chi connectivity index (χ1v) is 12.2. The lowest BCUT2D eigenvalue weighted by Gasteiger charge is -2.23. The van der Waals surface area contributed by atoms with E-state index in [4.69, 9.17) is 9.47 Å². The Morgan fingerprint density at radius 2 is 1.29 bits per heavy atom. The van der Waals surface area contributed by atoms with Crippen LogP contribution < -0.4 is 0 Å². The second kappa shape index (κ2) is 15.0. The topological polar surface area (TPSA) is 52.6 Å². The molecular weight excluding hydrogens is 388 g/mol. The average molecular weight is 433 g/mol. The van der Waals surface area contributed by atoms with Gasteiger partial charge < -0.3 is 9.47 Å². The fraction of sp³-hybridized carbons (Fsp3) is 0.704. The van der Waals surface area contributed by atoms with Gasteiger partial charge in [-0.2, -0.15) is 0 Å². The SMILES string of the molecule is CCCCCCCCCCOC(=O)c1ccccc1C(=O)OCCC(C)CC(C)(C)C.